The molecule has 1 aliphatic rings. The van der Waals surface area contributed by atoms with Gasteiger partial charge in [-0.25, -0.2) is 19.1 Å². The highest BCUT2D eigenvalue weighted by molar-refractivity contribution is 6.74. The Bertz CT molecular complexity index is 1370. The van der Waals surface area contributed by atoms with E-state index in [9.17, 15) is 4.39 Å². The van der Waals surface area contributed by atoms with E-state index in [1.807, 2.05) is 0 Å². The molecule has 1 aliphatic heterocycles. The quantitative estimate of drug-likeness (QED) is 0.145. The summed E-state index contributed by atoms with van der Waals surface area (Å²) in [7, 11) is -4.37. The van der Waals surface area contributed by atoms with Gasteiger partial charge >= 0.3 is 0 Å². The van der Waals surface area contributed by atoms with Gasteiger partial charge < -0.3 is 15.2 Å². The zero-order chi connectivity index (χ0) is 31.1. The Labute approximate surface area is 249 Å². The molecule has 2 aromatic heterocycles. The predicted molar refractivity (Wildman–Crippen MR) is 162 cm³/mol. The van der Waals surface area contributed by atoms with E-state index in [-0.39, 0.29) is 34.3 Å². The zero-order valence-electron chi connectivity index (χ0n) is 26.2. The van der Waals surface area contributed by atoms with Crippen LogP contribution in [-0.2, 0) is 23.7 Å². The fraction of sp³-hybridized carbons (Fsp3) is 0.607. The first-order chi connectivity index (χ1) is 19.4. The minimum absolute atomic E-state index is 0.00364. The normalized spacial score (nSPS) is 20.4. The molecule has 0 bridgehead atoms. The Morgan fingerprint density at radius 3 is 2.21 bits per heavy atom. The Hall–Kier alpha value is -2.47. The molecule has 0 aliphatic carbocycles. The molecule has 0 saturated carbocycles. The summed E-state index contributed by atoms with van der Waals surface area (Å²) in [5.41, 5.74) is 6.85. The number of halogens is 1. The fourth-order valence-corrected chi connectivity index (χ4v) is 4.83. The standard InChI is InChI=1S/C28H44FN5O6Si2/c1-27(2,3)41(7,8)39-35-16-21-20(38-40-42(9,10)28(4,5)6)15-22(37-21)34-17-31-23-24(34)32-26(30)33-25(23)36-19-13-11-18(29)12-14-19/h11-14,17,20-22H,15-16H2,1-10H3,(H2,30,32,33)/t20-,21+,22+/m0/s1. The summed E-state index contributed by atoms with van der Waals surface area (Å²) in [6, 6.07) is 5.59. The van der Waals surface area contributed by atoms with Crippen molar-refractivity contribution in [2.24, 2.45) is 0 Å². The van der Waals surface area contributed by atoms with Crippen LogP contribution in [0.25, 0.3) is 11.2 Å². The highest BCUT2D eigenvalue weighted by Gasteiger charge is 2.45. The number of nitrogens with two attached hydrogens (primary N) is 1. The lowest BCUT2D eigenvalue weighted by atomic mass is 10.2. The molecule has 2 N–H and O–H groups in total. The third-order valence-electron chi connectivity index (χ3n) is 8.42. The van der Waals surface area contributed by atoms with E-state index in [2.05, 4.69) is 82.7 Å². The number of aromatic nitrogens is 4. The molecule has 42 heavy (non-hydrogen) atoms. The fourth-order valence-electron chi connectivity index (χ4n) is 3.61. The van der Waals surface area contributed by atoms with Gasteiger partial charge in [-0.3, -0.25) is 13.7 Å². The Morgan fingerprint density at radius 2 is 1.60 bits per heavy atom. The molecule has 0 spiro atoms. The molecule has 1 fully saturated rings. The summed E-state index contributed by atoms with van der Waals surface area (Å²) in [6.45, 7) is 21.5. The van der Waals surface area contributed by atoms with Gasteiger partial charge in [-0.05, 0) is 60.5 Å². The summed E-state index contributed by atoms with van der Waals surface area (Å²) in [6.07, 6.45) is 0.584. The Morgan fingerprint density at radius 1 is 0.976 bits per heavy atom. The SMILES string of the molecule is CC(C)(C)[Si](C)(C)OOC[C@H]1O[C@@H](n2cnc3c(Oc4ccc(F)cc4)nc(N)nc32)C[C@@H]1OO[Si](C)(C)C(C)(C)C. The summed E-state index contributed by atoms with van der Waals surface area (Å²) in [5.74, 6) is 0.159. The third-order valence-corrected chi connectivity index (χ3v) is 16.7. The van der Waals surface area contributed by atoms with Gasteiger partial charge in [-0.15, -0.1) is 0 Å². The van der Waals surface area contributed by atoms with Gasteiger partial charge in [0, 0.05) is 6.42 Å². The summed E-state index contributed by atoms with van der Waals surface area (Å²) >= 11 is 0. The Balaban J connectivity index is 1.57. The van der Waals surface area contributed by atoms with Crippen molar-refractivity contribution in [1.29, 1.82) is 0 Å². The van der Waals surface area contributed by atoms with Crippen LogP contribution in [0.4, 0.5) is 10.3 Å². The zero-order valence-corrected chi connectivity index (χ0v) is 28.2. The number of benzene rings is 1. The molecule has 3 heterocycles. The van der Waals surface area contributed by atoms with Gasteiger partial charge in [0.15, 0.2) is 11.2 Å². The van der Waals surface area contributed by atoms with E-state index in [0.717, 1.165) is 0 Å². The van der Waals surface area contributed by atoms with E-state index in [1.165, 1.54) is 24.3 Å². The maximum atomic E-state index is 13.4. The number of nitrogens with zero attached hydrogens (tertiary/aromatic N) is 4. The van der Waals surface area contributed by atoms with Gasteiger partial charge in [0.05, 0.1) is 6.33 Å². The van der Waals surface area contributed by atoms with Crippen molar-refractivity contribution in [2.75, 3.05) is 12.3 Å². The van der Waals surface area contributed by atoms with Crippen molar-refractivity contribution < 1.29 is 32.8 Å². The van der Waals surface area contributed by atoms with Gasteiger partial charge in [0.2, 0.25) is 22.6 Å². The monoisotopic (exact) mass is 621 g/mol. The molecule has 1 saturated heterocycles. The van der Waals surface area contributed by atoms with E-state index in [1.54, 1.807) is 10.9 Å². The molecular weight excluding hydrogens is 578 g/mol. The molecule has 14 heteroatoms. The van der Waals surface area contributed by atoms with Crippen molar-refractivity contribution >= 4 is 33.7 Å². The average Bonchev–Trinajstić information content (AvgIpc) is 3.46. The summed E-state index contributed by atoms with van der Waals surface area (Å²) in [4.78, 5) is 25.0. The molecular formula is C28H44FN5O6Si2. The highest BCUT2D eigenvalue weighted by atomic mass is 28.4. The lowest BCUT2D eigenvalue weighted by Gasteiger charge is -2.36. The van der Waals surface area contributed by atoms with Gasteiger partial charge in [-0.2, -0.15) is 9.97 Å². The van der Waals surface area contributed by atoms with E-state index >= 15 is 0 Å². The first-order valence-electron chi connectivity index (χ1n) is 14.1. The largest absolute Gasteiger partial charge is 0.437 e. The van der Waals surface area contributed by atoms with Crippen molar-refractivity contribution in [3.05, 3.63) is 36.4 Å². The van der Waals surface area contributed by atoms with Crippen molar-refractivity contribution in [3.8, 4) is 11.6 Å². The van der Waals surface area contributed by atoms with Crippen molar-refractivity contribution in [2.45, 2.75) is 103 Å². The number of imidazole rings is 1. The molecule has 4 rings (SSSR count). The van der Waals surface area contributed by atoms with E-state index in [4.69, 9.17) is 34.1 Å². The van der Waals surface area contributed by atoms with Crippen LogP contribution in [0, 0.1) is 5.82 Å². The summed E-state index contributed by atoms with van der Waals surface area (Å²) in [5, 5.41) is -0.0598. The molecule has 1 aromatic carbocycles. The van der Waals surface area contributed by atoms with Crippen LogP contribution in [0.15, 0.2) is 30.6 Å². The predicted octanol–water partition coefficient (Wildman–Crippen LogP) is 6.90. The minimum atomic E-state index is -2.21. The summed E-state index contributed by atoms with van der Waals surface area (Å²) < 4.78 is 39.6. The number of rotatable bonds is 10. The van der Waals surface area contributed by atoms with Crippen LogP contribution in [0.5, 0.6) is 11.6 Å². The van der Waals surface area contributed by atoms with E-state index < -0.39 is 35.1 Å². The average molecular weight is 622 g/mol. The topological polar surface area (TPSA) is 125 Å². The molecule has 0 amide bonds. The van der Waals surface area contributed by atoms with Crippen LogP contribution in [0.1, 0.15) is 54.2 Å². The molecule has 0 radical (unpaired) electrons. The number of anilines is 1. The lowest BCUT2D eigenvalue weighted by Crippen LogP contribution is -2.44. The Kier molecular flexibility index (Phi) is 9.20. The van der Waals surface area contributed by atoms with Gasteiger partial charge in [-0.1, -0.05) is 41.5 Å². The van der Waals surface area contributed by atoms with Crippen LogP contribution in [-0.4, -0.2) is 55.0 Å². The number of nitrogen functional groups attached to an aromatic ring is 1. The maximum absolute atomic E-state index is 13.4. The second-order valence-corrected chi connectivity index (χ2v) is 23.1. The molecule has 3 atom stereocenters. The van der Waals surface area contributed by atoms with Crippen LogP contribution in [0.3, 0.4) is 0 Å². The van der Waals surface area contributed by atoms with Gasteiger partial charge in [0.1, 0.15) is 36.6 Å². The second kappa shape index (κ2) is 11.9. The maximum Gasteiger partial charge on any atom is 0.252 e. The lowest BCUT2D eigenvalue weighted by molar-refractivity contribution is -0.290. The highest BCUT2D eigenvalue weighted by Crippen LogP contribution is 2.40. The first-order valence-corrected chi connectivity index (χ1v) is 19.9. The van der Waals surface area contributed by atoms with Crippen LogP contribution in [0.2, 0.25) is 36.3 Å². The van der Waals surface area contributed by atoms with Crippen LogP contribution >= 0.6 is 0 Å². The van der Waals surface area contributed by atoms with Crippen molar-refractivity contribution in [1.82, 2.24) is 19.5 Å². The first kappa shape index (κ1) is 32.4. The number of hydrogen-bond acceptors (Lipinski definition) is 10. The molecule has 11 nitrogen and oxygen atoms in total. The number of ether oxygens (including phenoxy) is 2. The van der Waals surface area contributed by atoms with E-state index in [0.29, 0.717) is 23.3 Å². The minimum Gasteiger partial charge on any atom is -0.437 e. The third kappa shape index (κ3) is 7.18. The molecule has 0 unspecified atom stereocenters. The van der Waals surface area contributed by atoms with Crippen LogP contribution < -0.4 is 10.5 Å². The number of hydrogen-bond donors (Lipinski definition) is 1. The molecule has 232 valence electrons. The second-order valence-electron chi connectivity index (χ2n) is 13.7. The van der Waals surface area contributed by atoms with Gasteiger partial charge in [0.25, 0.3) is 5.88 Å². The van der Waals surface area contributed by atoms with Crippen molar-refractivity contribution in [3.63, 3.8) is 0 Å². The smallest absolute Gasteiger partial charge is 0.252 e. The number of fused-ring (bicyclic) bond motifs is 1. The molecule has 3 aromatic rings.